The van der Waals surface area contributed by atoms with E-state index in [1.807, 2.05) is 24.3 Å². The molecule has 7 nitrogen and oxygen atoms in total. The number of carbonyl (C=O) groups is 3. The summed E-state index contributed by atoms with van der Waals surface area (Å²) in [5.74, 6) is -1.98. The normalized spacial score (nSPS) is 12.9. The summed E-state index contributed by atoms with van der Waals surface area (Å²) in [4.78, 5) is 38.1. The van der Waals surface area contributed by atoms with Crippen molar-refractivity contribution in [3.8, 4) is 11.1 Å². The SMILES string of the molecule is CCN(CC(C)C(=O)O)C(=O)c1cccc(NC(=O)OCC2c3ccccc3-c3ccccc32)c1. The molecule has 180 valence electrons. The second-order valence-corrected chi connectivity index (χ2v) is 8.61. The minimum absolute atomic E-state index is 0.0459. The van der Waals surface area contributed by atoms with E-state index < -0.39 is 18.0 Å². The first-order valence-electron chi connectivity index (χ1n) is 11.6. The number of hydrogen-bond acceptors (Lipinski definition) is 4. The Hall–Kier alpha value is -4.13. The number of nitrogens with zero attached hydrogens (tertiary/aromatic N) is 1. The zero-order valence-electron chi connectivity index (χ0n) is 19.7. The van der Waals surface area contributed by atoms with Crippen LogP contribution < -0.4 is 5.32 Å². The van der Waals surface area contributed by atoms with Gasteiger partial charge in [-0.25, -0.2) is 4.79 Å². The average molecular weight is 473 g/mol. The number of hydrogen-bond donors (Lipinski definition) is 2. The van der Waals surface area contributed by atoms with Crippen LogP contribution in [0.2, 0.25) is 0 Å². The summed E-state index contributed by atoms with van der Waals surface area (Å²) in [6, 6.07) is 22.8. The van der Waals surface area contributed by atoms with Gasteiger partial charge in [0.05, 0.1) is 5.92 Å². The van der Waals surface area contributed by atoms with Crippen LogP contribution in [0, 0.1) is 5.92 Å². The number of carbonyl (C=O) groups excluding carboxylic acids is 2. The van der Waals surface area contributed by atoms with E-state index >= 15 is 0 Å². The Kier molecular flexibility index (Phi) is 7.15. The number of carboxylic acid groups (broad SMARTS) is 1. The maximum atomic E-state index is 12.9. The molecule has 0 spiro atoms. The minimum atomic E-state index is -0.957. The molecule has 0 aromatic heterocycles. The molecule has 2 amide bonds. The van der Waals surface area contributed by atoms with Crippen LogP contribution in [0.5, 0.6) is 0 Å². The number of ether oxygens (including phenoxy) is 1. The number of anilines is 1. The lowest BCUT2D eigenvalue weighted by Gasteiger charge is -2.23. The second-order valence-electron chi connectivity index (χ2n) is 8.61. The molecule has 0 fully saturated rings. The highest BCUT2D eigenvalue weighted by atomic mass is 16.5. The van der Waals surface area contributed by atoms with Gasteiger partial charge in [0.2, 0.25) is 0 Å². The third-order valence-corrected chi connectivity index (χ3v) is 6.28. The molecule has 0 saturated carbocycles. The molecule has 2 N–H and O–H groups in total. The van der Waals surface area contributed by atoms with Gasteiger partial charge in [-0.1, -0.05) is 61.5 Å². The van der Waals surface area contributed by atoms with Crippen LogP contribution in [0.25, 0.3) is 11.1 Å². The number of fused-ring (bicyclic) bond motifs is 3. The molecule has 0 bridgehead atoms. The molecule has 0 aliphatic heterocycles. The number of carboxylic acids is 1. The number of amides is 2. The molecule has 3 aromatic rings. The maximum absolute atomic E-state index is 12.9. The van der Waals surface area contributed by atoms with Gasteiger partial charge in [0.25, 0.3) is 5.91 Å². The van der Waals surface area contributed by atoms with Crippen LogP contribution in [-0.2, 0) is 9.53 Å². The van der Waals surface area contributed by atoms with Crippen molar-refractivity contribution in [2.24, 2.45) is 5.92 Å². The average Bonchev–Trinajstić information content (AvgIpc) is 3.19. The van der Waals surface area contributed by atoms with Gasteiger partial charge in [-0.3, -0.25) is 14.9 Å². The first-order chi connectivity index (χ1) is 16.9. The van der Waals surface area contributed by atoms with E-state index in [0.29, 0.717) is 17.8 Å². The lowest BCUT2D eigenvalue weighted by atomic mass is 9.98. The highest BCUT2D eigenvalue weighted by molar-refractivity contribution is 5.96. The Bertz CT molecular complexity index is 1210. The molecule has 0 saturated heterocycles. The predicted octanol–water partition coefficient (Wildman–Crippen LogP) is 5.23. The van der Waals surface area contributed by atoms with Crippen molar-refractivity contribution in [3.63, 3.8) is 0 Å². The molecule has 3 aromatic carbocycles. The number of nitrogens with one attached hydrogen (secondary N) is 1. The van der Waals surface area contributed by atoms with Gasteiger partial charge in [-0.15, -0.1) is 0 Å². The summed E-state index contributed by atoms with van der Waals surface area (Å²) in [5.41, 5.74) is 5.35. The van der Waals surface area contributed by atoms with Crippen LogP contribution in [0.4, 0.5) is 10.5 Å². The van der Waals surface area contributed by atoms with E-state index in [1.165, 1.54) is 4.90 Å². The van der Waals surface area contributed by atoms with Crippen LogP contribution in [0.15, 0.2) is 72.8 Å². The number of benzene rings is 3. The zero-order valence-corrected chi connectivity index (χ0v) is 19.7. The second kappa shape index (κ2) is 10.4. The molecule has 1 atom stereocenters. The molecule has 4 rings (SSSR count). The molecule has 1 aliphatic carbocycles. The Morgan fingerprint density at radius 3 is 2.20 bits per heavy atom. The summed E-state index contributed by atoms with van der Waals surface area (Å²) < 4.78 is 5.58. The third-order valence-electron chi connectivity index (χ3n) is 6.28. The molecule has 0 heterocycles. The van der Waals surface area contributed by atoms with Crippen molar-refractivity contribution < 1.29 is 24.2 Å². The lowest BCUT2D eigenvalue weighted by molar-refractivity contribution is -0.141. The van der Waals surface area contributed by atoms with Crippen molar-refractivity contribution in [1.82, 2.24) is 4.90 Å². The van der Waals surface area contributed by atoms with E-state index in [2.05, 4.69) is 29.6 Å². The Labute approximate surface area is 204 Å². The molecule has 0 radical (unpaired) electrons. The van der Waals surface area contributed by atoms with Crippen LogP contribution in [-0.4, -0.2) is 47.7 Å². The molecular formula is C28H28N2O5. The Balaban J connectivity index is 1.41. The van der Waals surface area contributed by atoms with Gasteiger partial charge < -0.3 is 14.7 Å². The van der Waals surface area contributed by atoms with Crippen LogP contribution >= 0.6 is 0 Å². The molecule has 35 heavy (non-hydrogen) atoms. The van der Waals surface area contributed by atoms with Crippen molar-refractivity contribution in [2.45, 2.75) is 19.8 Å². The molecule has 1 unspecified atom stereocenters. The highest BCUT2D eigenvalue weighted by Gasteiger charge is 2.29. The number of rotatable bonds is 8. The predicted molar refractivity (Wildman–Crippen MR) is 134 cm³/mol. The first kappa shape index (κ1) is 24.0. The van der Waals surface area contributed by atoms with Crippen molar-refractivity contribution in [1.29, 1.82) is 0 Å². The van der Waals surface area contributed by atoms with Gasteiger partial charge in [0.1, 0.15) is 6.61 Å². The number of aliphatic carboxylic acids is 1. The third kappa shape index (κ3) is 5.19. The van der Waals surface area contributed by atoms with Crippen molar-refractivity contribution >= 4 is 23.7 Å². The van der Waals surface area contributed by atoms with Gasteiger partial charge in [0, 0.05) is 30.3 Å². The minimum Gasteiger partial charge on any atom is -0.481 e. The fraction of sp³-hybridized carbons (Fsp3) is 0.250. The lowest BCUT2D eigenvalue weighted by Crippen LogP contribution is -2.36. The van der Waals surface area contributed by atoms with E-state index in [9.17, 15) is 14.4 Å². The summed E-state index contributed by atoms with van der Waals surface area (Å²) in [5, 5.41) is 11.9. The molecule has 7 heteroatoms. The van der Waals surface area contributed by atoms with E-state index in [0.717, 1.165) is 22.3 Å². The molecular weight excluding hydrogens is 444 g/mol. The van der Waals surface area contributed by atoms with E-state index in [1.54, 1.807) is 38.1 Å². The van der Waals surface area contributed by atoms with E-state index in [-0.39, 0.29) is 25.0 Å². The summed E-state index contributed by atoms with van der Waals surface area (Å²) >= 11 is 0. The summed E-state index contributed by atoms with van der Waals surface area (Å²) in [7, 11) is 0. The maximum Gasteiger partial charge on any atom is 0.411 e. The first-order valence-corrected chi connectivity index (χ1v) is 11.6. The largest absolute Gasteiger partial charge is 0.481 e. The highest BCUT2D eigenvalue weighted by Crippen LogP contribution is 2.44. The monoisotopic (exact) mass is 472 g/mol. The smallest absolute Gasteiger partial charge is 0.411 e. The summed E-state index contributed by atoms with van der Waals surface area (Å²) in [6.45, 7) is 4.03. The Morgan fingerprint density at radius 1 is 0.971 bits per heavy atom. The van der Waals surface area contributed by atoms with Gasteiger partial charge >= 0.3 is 12.1 Å². The van der Waals surface area contributed by atoms with Gasteiger partial charge in [-0.05, 0) is 47.4 Å². The summed E-state index contributed by atoms with van der Waals surface area (Å²) in [6.07, 6.45) is -0.608. The van der Waals surface area contributed by atoms with Crippen molar-refractivity contribution in [2.75, 3.05) is 25.0 Å². The van der Waals surface area contributed by atoms with Gasteiger partial charge in [0.15, 0.2) is 0 Å². The van der Waals surface area contributed by atoms with Crippen LogP contribution in [0.1, 0.15) is 41.3 Å². The Morgan fingerprint density at radius 2 is 1.60 bits per heavy atom. The zero-order chi connectivity index (χ0) is 24.9. The van der Waals surface area contributed by atoms with Crippen LogP contribution in [0.3, 0.4) is 0 Å². The van der Waals surface area contributed by atoms with Gasteiger partial charge in [-0.2, -0.15) is 0 Å². The topological polar surface area (TPSA) is 95.9 Å². The standard InChI is InChI=1S/C28H28N2O5/c1-3-30(16-18(2)27(32)33)26(31)19-9-8-10-20(15-19)29-28(34)35-17-25-23-13-6-4-11-21(23)22-12-5-7-14-24(22)25/h4-15,18,25H,3,16-17H2,1-2H3,(H,29,34)(H,32,33). The van der Waals surface area contributed by atoms with Crippen molar-refractivity contribution in [3.05, 3.63) is 89.5 Å². The molecule has 1 aliphatic rings. The fourth-order valence-corrected chi connectivity index (χ4v) is 4.43. The quantitative estimate of drug-likeness (QED) is 0.468. The van der Waals surface area contributed by atoms with E-state index in [4.69, 9.17) is 9.84 Å². The fourth-order valence-electron chi connectivity index (χ4n) is 4.43.